The minimum Gasteiger partial charge on any atom is -0.468 e. The van der Waals surface area contributed by atoms with Crippen molar-refractivity contribution in [2.24, 2.45) is 11.8 Å². The predicted octanol–water partition coefficient (Wildman–Crippen LogP) is 2.92. The largest absolute Gasteiger partial charge is 0.468 e. The van der Waals surface area contributed by atoms with Crippen LogP contribution in [0.1, 0.15) is 38.0 Å². The zero-order valence-electron chi connectivity index (χ0n) is 15.8. The Kier molecular flexibility index (Phi) is 5.51. The second kappa shape index (κ2) is 7.68. The maximum atomic E-state index is 13.3. The highest BCUT2D eigenvalue weighted by molar-refractivity contribution is 7.10. The van der Waals surface area contributed by atoms with Crippen LogP contribution in [0, 0.1) is 11.8 Å². The number of ether oxygens (including phenoxy) is 2. The Hall–Kier alpha value is -2.41. The maximum Gasteiger partial charge on any atom is 0.336 e. The van der Waals surface area contributed by atoms with Crippen LogP contribution in [0.2, 0.25) is 0 Å². The lowest BCUT2D eigenvalue weighted by Gasteiger charge is -2.37. The van der Waals surface area contributed by atoms with E-state index in [-0.39, 0.29) is 18.3 Å². The molecule has 1 aromatic rings. The highest BCUT2D eigenvalue weighted by Crippen LogP contribution is 2.46. The zero-order valence-corrected chi connectivity index (χ0v) is 16.6. The molecule has 1 aliphatic heterocycles. The number of thiophene rings is 1. The predicted molar refractivity (Wildman–Crippen MR) is 101 cm³/mol. The summed E-state index contributed by atoms with van der Waals surface area (Å²) in [5, 5.41) is 5.13. The van der Waals surface area contributed by atoms with Gasteiger partial charge >= 0.3 is 11.9 Å². The first-order valence-corrected chi connectivity index (χ1v) is 9.82. The number of carbonyl (C=O) groups is 3. The van der Waals surface area contributed by atoms with E-state index in [2.05, 4.69) is 5.32 Å². The lowest BCUT2D eigenvalue weighted by Crippen LogP contribution is -2.43. The third-order valence-corrected chi connectivity index (χ3v) is 6.00. The van der Waals surface area contributed by atoms with Gasteiger partial charge in [0.2, 0.25) is 0 Å². The first kappa shape index (κ1) is 19.4. The van der Waals surface area contributed by atoms with Gasteiger partial charge in [0.25, 0.3) is 0 Å². The van der Waals surface area contributed by atoms with Crippen LogP contribution in [0.25, 0.3) is 0 Å². The van der Waals surface area contributed by atoms with Gasteiger partial charge in [-0.05, 0) is 37.6 Å². The summed E-state index contributed by atoms with van der Waals surface area (Å²) in [5.41, 5.74) is 2.35. The first-order chi connectivity index (χ1) is 12.9. The Bertz CT molecular complexity index is 837. The fourth-order valence-corrected chi connectivity index (χ4v) is 4.74. The van der Waals surface area contributed by atoms with Crippen molar-refractivity contribution >= 4 is 29.1 Å². The summed E-state index contributed by atoms with van der Waals surface area (Å²) in [4.78, 5) is 39.2. The molecule has 0 fully saturated rings. The highest BCUT2D eigenvalue weighted by Gasteiger charge is 2.47. The molecule has 6 nitrogen and oxygen atoms in total. The number of Topliss-reactive ketones (excluding diaryl/α,β-unsaturated/α-hetero) is 1. The lowest BCUT2D eigenvalue weighted by atomic mass is 9.70. The molecule has 27 heavy (non-hydrogen) atoms. The van der Waals surface area contributed by atoms with Crippen LogP contribution < -0.4 is 5.32 Å². The van der Waals surface area contributed by atoms with Gasteiger partial charge in [-0.2, -0.15) is 0 Å². The molecule has 3 atom stereocenters. The third kappa shape index (κ3) is 3.32. The summed E-state index contributed by atoms with van der Waals surface area (Å²) in [6.45, 7) is 5.67. The van der Waals surface area contributed by atoms with Gasteiger partial charge in [-0.1, -0.05) is 13.0 Å². The molecule has 0 saturated carbocycles. The number of rotatable bonds is 4. The van der Waals surface area contributed by atoms with E-state index in [0.29, 0.717) is 23.3 Å². The number of hydrogen-bond acceptors (Lipinski definition) is 7. The molecule has 0 spiro atoms. The summed E-state index contributed by atoms with van der Waals surface area (Å²) in [5.74, 6) is -2.85. The minimum absolute atomic E-state index is 0.183. The van der Waals surface area contributed by atoms with Gasteiger partial charge in [-0.25, -0.2) is 4.79 Å². The van der Waals surface area contributed by atoms with Crippen molar-refractivity contribution in [2.75, 3.05) is 13.7 Å². The monoisotopic (exact) mass is 389 g/mol. The van der Waals surface area contributed by atoms with Gasteiger partial charge in [0.1, 0.15) is 5.92 Å². The maximum absolute atomic E-state index is 13.3. The van der Waals surface area contributed by atoms with Crippen LogP contribution in [0.5, 0.6) is 0 Å². The van der Waals surface area contributed by atoms with E-state index in [1.807, 2.05) is 31.4 Å². The second-order valence-corrected chi connectivity index (χ2v) is 7.75. The van der Waals surface area contributed by atoms with Crippen molar-refractivity contribution in [3.8, 4) is 0 Å². The molecule has 1 N–H and O–H groups in total. The summed E-state index contributed by atoms with van der Waals surface area (Å²) in [6, 6.07) is 3.78. The number of ketones is 1. The van der Waals surface area contributed by atoms with Crippen LogP contribution in [0.15, 0.2) is 40.1 Å². The zero-order chi connectivity index (χ0) is 19.7. The molecule has 2 aliphatic rings. The van der Waals surface area contributed by atoms with E-state index in [4.69, 9.17) is 9.47 Å². The van der Waals surface area contributed by atoms with Crippen LogP contribution in [0.3, 0.4) is 0 Å². The van der Waals surface area contributed by atoms with Gasteiger partial charge in [-0.15, -0.1) is 11.3 Å². The lowest BCUT2D eigenvalue weighted by molar-refractivity contribution is -0.151. The van der Waals surface area contributed by atoms with Crippen LogP contribution >= 0.6 is 11.3 Å². The fraction of sp³-hybridized carbons (Fsp3) is 0.450. The third-order valence-electron chi connectivity index (χ3n) is 5.07. The van der Waals surface area contributed by atoms with E-state index in [9.17, 15) is 14.4 Å². The van der Waals surface area contributed by atoms with Gasteiger partial charge in [-0.3, -0.25) is 9.59 Å². The number of allylic oxidation sites excluding steroid dienone is 3. The molecule has 0 saturated heterocycles. The SMILES string of the molecule is CCOC(=O)C1=C(C)NC2=C(C(=O)[C@@H](C(=O)OC)[C@@H](C)C2)[C@@H]1c1cccs1. The fourth-order valence-electron chi connectivity index (χ4n) is 3.90. The number of methoxy groups -OCH3 is 1. The summed E-state index contributed by atoms with van der Waals surface area (Å²) in [6.07, 6.45) is 0.538. The van der Waals surface area contributed by atoms with E-state index in [1.54, 1.807) is 6.92 Å². The standard InChI is InChI=1S/C20H23NO5S/c1-5-26-20(24)15-11(3)21-12-9-10(2)14(19(23)25-4)18(22)16(12)17(15)13-7-6-8-27-13/h6-8,10,14,17,21H,5,9H2,1-4H3/t10-,14-,17+/m0/s1. The van der Waals surface area contributed by atoms with E-state index in [1.165, 1.54) is 18.4 Å². The average molecular weight is 389 g/mol. The van der Waals surface area contributed by atoms with E-state index >= 15 is 0 Å². The van der Waals surface area contributed by atoms with Gasteiger partial charge in [0.15, 0.2) is 5.78 Å². The molecule has 0 radical (unpaired) electrons. The minimum atomic E-state index is -0.861. The van der Waals surface area contributed by atoms with Crippen molar-refractivity contribution in [1.29, 1.82) is 0 Å². The molecular formula is C20H23NO5S. The van der Waals surface area contributed by atoms with Crippen molar-refractivity contribution < 1.29 is 23.9 Å². The molecule has 1 aliphatic carbocycles. The molecular weight excluding hydrogens is 366 g/mol. The van der Waals surface area contributed by atoms with E-state index in [0.717, 1.165) is 10.6 Å². The number of dihydropyridines is 1. The smallest absolute Gasteiger partial charge is 0.336 e. The Morgan fingerprint density at radius 3 is 2.70 bits per heavy atom. The van der Waals surface area contributed by atoms with Gasteiger partial charge in [0.05, 0.1) is 25.2 Å². The molecule has 0 amide bonds. The Balaban J connectivity index is 2.14. The number of nitrogens with one attached hydrogen (secondary N) is 1. The number of esters is 2. The molecule has 7 heteroatoms. The van der Waals surface area contributed by atoms with Crippen molar-refractivity contribution in [3.05, 3.63) is 44.9 Å². The number of carbonyl (C=O) groups excluding carboxylic acids is 3. The number of hydrogen-bond donors (Lipinski definition) is 1. The molecule has 0 bridgehead atoms. The Morgan fingerprint density at radius 1 is 1.37 bits per heavy atom. The molecule has 2 heterocycles. The summed E-state index contributed by atoms with van der Waals surface area (Å²) >= 11 is 1.47. The second-order valence-electron chi connectivity index (χ2n) is 6.77. The summed E-state index contributed by atoms with van der Waals surface area (Å²) in [7, 11) is 1.29. The molecule has 0 unspecified atom stereocenters. The topological polar surface area (TPSA) is 81.7 Å². The highest BCUT2D eigenvalue weighted by atomic mass is 32.1. The normalized spacial score (nSPS) is 25.0. The van der Waals surface area contributed by atoms with Crippen LogP contribution in [-0.2, 0) is 23.9 Å². The first-order valence-electron chi connectivity index (χ1n) is 8.94. The molecule has 144 valence electrons. The average Bonchev–Trinajstić information content (AvgIpc) is 3.14. The molecule has 3 rings (SSSR count). The van der Waals surface area contributed by atoms with Crippen molar-refractivity contribution in [1.82, 2.24) is 5.32 Å². The van der Waals surface area contributed by atoms with Crippen LogP contribution in [-0.4, -0.2) is 31.4 Å². The van der Waals surface area contributed by atoms with Gasteiger partial charge in [0, 0.05) is 21.8 Å². The van der Waals surface area contributed by atoms with Crippen molar-refractivity contribution in [2.45, 2.75) is 33.1 Å². The van der Waals surface area contributed by atoms with Crippen molar-refractivity contribution in [3.63, 3.8) is 0 Å². The molecule has 1 aromatic heterocycles. The quantitative estimate of drug-likeness (QED) is 0.630. The summed E-state index contributed by atoms with van der Waals surface area (Å²) < 4.78 is 10.1. The van der Waals surface area contributed by atoms with Gasteiger partial charge < -0.3 is 14.8 Å². The van der Waals surface area contributed by atoms with Crippen LogP contribution in [0.4, 0.5) is 0 Å². The van der Waals surface area contributed by atoms with E-state index < -0.39 is 23.8 Å². The Morgan fingerprint density at radius 2 is 2.11 bits per heavy atom. The molecule has 0 aromatic carbocycles. The Labute approximate surface area is 162 Å².